The minimum absolute atomic E-state index is 0.0190. The van der Waals surface area contributed by atoms with E-state index in [4.69, 9.17) is 0 Å². The average molecular weight is 711 g/mol. The number of carbonyl (C=O) groups excluding carboxylic acids is 6. The van der Waals surface area contributed by atoms with Crippen LogP contribution in [0.25, 0.3) is 0 Å². The molecule has 4 rings (SSSR count). The number of nitrogens with zero attached hydrogens (tertiary/aromatic N) is 3. The Hall–Kier alpha value is -4.10. The van der Waals surface area contributed by atoms with Gasteiger partial charge in [0.25, 0.3) is 11.8 Å². The number of hydrogen-bond acceptors (Lipinski definition) is 8. The van der Waals surface area contributed by atoms with Crippen molar-refractivity contribution in [1.29, 1.82) is 0 Å². The van der Waals surface area contributed by atoms with Gasteiger partial charge in [-0.2, -0.15) is 5.10 Å². The maximum atomic E-state index is 14.7. The predicted octanol–water partition coefficient (Wildman–Crippen LogP) is 2.82. The smallest absolute Gasteiger partial charge is 0.289 e. The van der Waals surface area contributed by atoms with Crippen LogP contribution in [-0.4, -0.2) is 92.7 Å². The molecule has 0 spiro atoms. The Morgan fingerprint density at radius 1 is 1.02 bits per heavy atom. The molecule has 5 amide bonds. The molecule has 0 bridgehead atoms. The van der Waals surface area contributed by atoms with Crippen LogP contribution in [-0.2, 0) is 24.0 Å². The molecule has 1 unspecified atom stereocenters. The van der Waals surface area contributed by atoms with Crippen molar-refractivity contribution >= 4 is 35.3 Å². The second-order valence-electron chi connectivity index (χ2n) is 16.5. The summed E-state index contributed by atoms with van der Waals surface area (Å²) in [6.07, 6.45) is 10.4. The first-order chi connectivity index (χ1) is 24.1. The molecule has 5 atom stereocenters. The van der Waals surface area contributed by atoms with Gasteiger partial charge in [0.15, 0.2) is 0 Å². The van der Waals surface area contributed by atoms with Gasteiger partial charge in [0.05, 0.1) is 6.04 Å². The Bertz CT molecular complexity index is 1430. The lowest BCUT2D eigenvalue weighted by atomic mass is 9.70. The molecule has 3 aliphatic rings. The second-order valence-corrected chi connectivity index (χ2v) is 16.5. The lowest BCUT2D eigenvalue weighted by molar-refractivity contribution is -0.146. The number of likely N-dealkylation sites (tertiary alicyclic amines) is 1. The van der Waals surface area contributed by atoms with Crippen LogP contribution in [0.5, 0.6) is 0 Å². The van der Waals surface area contributed by atoms with Gasteiger partial charge in [-0.15, -0.1) is 6.58 Å². The van der Waals surface area contributed by atoms with Crippen molar-refractivity contribution in [3.63, 3.8) is 0 Å². The molecule has 51 heavy (non-hydrogen) atoms. The number of aromatic amines is 1. The van der Waals surface area contributed by atoms with Gasteiger partial charge in [0.1, 0.15) is 24.5 Å². The van der Waals surface area contributed by atoms with Gasteiger partial charge >= 0.3 is 0 Å². The van der Waals surface area contributed by atoms with E-state index in [-0.39, 0.29) is 30.1 Å². The molecule has 1 aliphatic heterocycles. The Kier molecular flexibility index (Phi) is 13.2. The van der Waals surface area contributed by atoms with Crippen molar-refractivity contribution in [2.75, 3.05) is 13.1 Å². The number of aromatic nitrogens is 3. The van der Waals surface area contributed by atoms with E-state index < -0.39 is 70.3 Å². The Morgan fingerprint density at radius 2 is 1.71 bits per heavy atom. The SMILES string of the molecule is C=CCNC(=O)C(=O)C(CC1CC1)NC(=O)[C@@H]1[C@@H](CC(C)C)CCN1C(=O)[C@@H](NC(=O)[C@@H](NC(=O)c1ncn[nH]1)C1(C)CCCCC1)C(C)(C)C. The normalized spacial score (nSPS) is 22.0. The van der Waals surface area contributed by atoms with Crippen LogP contribution >= 0.6 is 0 Å². The summed E-state index contributed by atoms with van der Waals surface area (Å²) in [6, 6.07) is -3.91. The highest BCUT2D eigenvalue weighted by Crippen LogP contribution is 2.40. The first-order valence-corrected chi connectivity index (χ1v) is 18.6. The Labute approximate surface area is 301 Å². The molecule has 5 N–H and O–H groups in total. The molecule has 282 valence electrons. The molecule has 1 saturated heterocycles. The fourth-order valence-corrected chi connectivity index (χ4v) is 7.66. The second kappa shape index (κ2) is 16.9. The van der Waals surface area contributed by atoms with Crippen molar-refractivity contribution in [1.82, 2.24) is 41.3 Å². The fraction of sp³-hybridized carbons (Fsp3) is 0.730. The highest BCUT2D eigenvalue weighted by molar-refractivity contribution is 6.38. The zero-order chi connectivity index (χ0) is 37.5. The molecule has 0 radical (unpaired) electrons. The number of rotatable bonds is 16. The standard InChI is InChI=1S/C37H58N8O6/c1-8-17-38-32(48)27(46)25(20-23-12-13-23)41-31(47)26-24(19-22(2)3)14-18-45(26)35(51)29(36(4,5)6)43-33(49)28(37(7)15-10-9-11-16-37)42-34(50)30-39-21-40-44-30/h8,21-26,28-29H,1,9-20H2,2-7H3,(H,38,48)(H,41,47)(H,42,50)(H,43,49)(H,39,40,44)/t24-,25?,26+,28-,29-/m1/s1. The maximum absolute atomic E-state index is 14.7. The van der Waals surface area contributed by atoms with Gasteiger partial charge in [-0.05, 0) is 60.7 Å². The van der Waals surface area contributed by atoms with Gasteiger partial charge in [-0.25, -0.2) is 4.98 Å². The lowest BCUT2D eigenvalue weighted by Crippen LogP contribution is -2.63. The number of Topliss-reactive ketones (excluding diaryl/α,β-unsaturated/α-hetero) is 1. The average Bonchev–Trinajstić information content (AvgIpc) is 3.52. The zero-order valence-corrected chi connectivity index (χ0v) is 31.2. The lowest BCUT2D eigenvalue weighted by Gasteiger charge is -2.42. The van der Waals surface area contributed by atoms with Crippen LogP contribution in [0.4, 0.5) is 0 Å². The van der Waals surface area contributed by atoms with Crippen LogP contribution in [0.1, 0.15) is 116 Å². The van der Waals surface area contributed by atoms with E-state index in [1.165, 1.54) is 12.4 Å². The van der Waals surface area contributed by atoms with Crippen LogP contribution in [0.2, 0.25) is 0 Å². The summed E-state index contributed by atoms with van der Waals surface area (Å²) in [7, 11) is 0. The fourth-order valence-electron chi connectivity index (χ4n) is 7.66. The molecule has 3 fully saturated rings. The summed E-state index contributed by atoms with van der Waals surface area (Å²) in [5.41, 5.74) is -1.34. The van der Waals surface area contributed by atoms with E-state index in [9.17, 15) is 28.8 Å². The van der Waals surface area contributed by atoms with Crippen LogP contribution < -0.4 is 21.3 Å². The van der Waals surface area contributed by atoms with Gasteiger partial charge < -0.3 is 26.2 Å². The molecule has 14 nitrogen and oxygen atoms in total. The Balaban J connectivity index is 1.60. The first-order valence-electron chi connectivity index (χ1n) is 18.6. The van der Waals surface area contributed by atoms with E-state index in [2.05, 4.69) is 56.9 Å². The van der Waals surface area contributed by atoms with Crippen molar-refractivity contribution < 1.29 is 28.8 Å². The topological polar surface area (TPSA) is 195 Å². The summed E-state index contributed by atoms with van der Waals surface area (Å²) in [5, 5.41) is 17.6. The molecule has 2 heterocycles. The zero-order valence-electron chi connectivity index (χ0n) is 31.2. The highest BCUT2D eigenvalue weighted by Gasteiger charge is 2.49. The minimum Gasteiger partial charge on any atom is -0.346 e. The van der Waals surface area contributed by atoms with Gasteiger partial charge in [0, 0.05) is 13.1 Å². The molecule has 14 heteroatoms. The largest absolute Gasteiger partial charge is 0.346 e. The first kappa shape index (κ1) is 39.7. The third kappa shape index (κ3) is 10.2. The molecular weight excluding hydrogens is 652 g/mol. The van der Waals surface area contributed by atoms with Crippen LogP contribution in [0, 0.1) is 28.6 Å². The molecule has 1 aromatic rings. The quantitative estimate of drug-likeness (QED) is 0.128. The molecule has 1 aromatic heterocycles. The van der Waals surface area contributed by atoms with Gasteiger partial charge in [-0.1, -0.05) is 79.7 Å². The summed E-state index contributed by atoms with van der Waals surface area (Å²) < 4.78 is 0. The number of amides is 5. The number of carbonyl (C=O) groups is 6. The summed E-state index contributed by atoms with van der Waals surface area (Å²) in [5.74, 6) is -3.19. The summed E-state index contributed by atoms with van der Waals surface area (Å²) >= 11 is 0. The molecule has 0 aromatic carbocycles. The monoisotopic (exact) mass is 710 g/mol. The summed E-state index contributed by atoms with van der Waals surface area (Å²) in [6.45, 7) is 15.6. The molecule has 2 aliphatic carbocycles. The van der Waals surface area contributed by atoms with E-state index in [1.807, 2.05) is 27.7 Å². The van der Waals surface area contributed by atoms with E-state index in [0.29, 0.717) is 38.6 Å². The number of ketones is 1. The number of nitrogens with one attached hydrogen (secondary N) is 5. The van der Waals surface area contributed by atoms with Gasteiger partial charge in [0.2, 0.25) is 29.3 Å². The third-order valence-electron chi connectivity index (χ3n) is 10.6. The molecule has 2 saturated carbocycles. The minimum atomic E-state index is -1.04. The number of H-pyrrole nitrogens is 1. The summed E-state index contributed by atoms with van der Waals surface area (Å²) in [4.78, 5) is 87.8. The molecular formula is C37H58N8O6. The van der Waals surface area contributed by atoms with Crippen molar-refractivity contribution in [3.05, 3.63) is 24.8 Å². The van der Waals surface area contributed by atoms with Crippen LogP contribution in [0.15, 0.2) is 19.0 Å². The number of hydrogen-bond donors (Lipinski definition) is 5. The highest BCUT2D eigenvalue weighted by atomic mass is 16.2. The van der Waals surface area contributed by atoms with Crippen molar-refractivity contribution in [2.45, 2.75) is 130 Å². The van der Waals surface area contributed by atoms with Gasteiger partial charge in [-0.3, -0.25) is 33.9 Å². The van der Waals surface area contributed by atoms with Crippen molar-refractivity contribution in [2.24, 2.45) is 28.6 Å². The van der Waals surface area contributed by atoms with Crippen LogP contribution in [0.3, 0.4) is 0 Å². The maximum Gasteiger partial charge on any atom is 0.289 e. The van der Waals surface area contributed by atoms with E-state index in [0.717, 1.165) is 32.1 Å². The predicted molar refractivity (Wildman–Crippen MR) is 191 cm³/mol. The van der Waals surface area contributed by atoms with E-state index >= 15 is 0 Å². The third-order valence-corrected chi connectivity index (χ3v) is 10.6. The van der Waals surface area contributed by atoms with E-state index in [1.54, 1.807) is 4.90 Å². The van der Waals surface area contributed by atoms with Crippen molar-refractivity contribution in [3.8, 4) is 0 Å². The Morgan fingerprint density at radius 3 is 2.27 bits per heavy atom.